The quantitative estimate of drug-likeness (QED) is 0.542. The molecule has 5 nitrogen and oxygen atoms in total. The second-order valence-electron chi connectivity index (χ2n) is 5.81. The van der Waals surface area contributed by atoms with Crippen LogP contribution in [0.4, 0.5) is 0 Å². The highest BCUT2D eigenvalue weighted by Crippen LogP contribution is 2.24. The molecule has 2 atom stereocenters. The molecule has 120 valence electrons. The Morgan fingerprint density at radius 2 is 1.82 bits per heavy atom. The van der Waals surface area contributed by atoms with Crippen molar-refractivity contribution >= 4 is 11.8 Å². The van der Waals surface area contributed by atoms with Gasteiger partial charge >= 0.3 is 11.8 Å². The molecule has 1 saturated carbocycles. The van der Waals surface area contributed by atoms with Crippen LogP contribution in [0.25, 0.3) is 0 Å². The van der Waals surface area contributed by atoms with Crippen molar-refractivity contribution in [1.82, 2.24) is 10.6 Å². The summed E-state index contributed by atoms with van der Waals surface area (Å²) in [6.45, 7) is 0.852. The van der Waals surface area contributed by atoms with Crippen LogP contribution in [0.3, 0.4) is 0 Å². The Kier molecular flexibility index (Phi) is 6.40. The van der Waals surface area contributed by atoms with E-state index in [4.69, 9.17) is 0 Å². The SMILES string of the molecule is O=C(NCCCc1ccccc1)C(=O)NCC1CCCC1O. The number of rotatable bonds is 6. The van der Waals surface area contributed by atoms with E-state index in [1.54, 1.807) is 0 Å². The fourth-order valence-electron chi connectivity index (χ4n) is 2.78. The molecule has 0 aromatic heterocycles. The van der Waals surface area contributed by atoms with Gasteiger partial charge in [-0.3, -0.25) is 9.59 Å². The molecule has 1 aromatic rings. The summed E-state index contributed by atoms with van der Waals surface area (Å²) < 4.78 is 0. The minimum absolute atomic E-state index is 0.0785. The lowest BCUT2D eigenvalue weighted by molar-refractivity contribution is -0.139. The van der Waals surface area contributed by atoms with Crippen LogP contribution in [0, 0.1) is 5.92 Å². The molecule has 1 fully saturated rings. The van der Waals surface area contributed by atoms with Gasteiger partial charge in [0.25, 0.3) is 0 Å². The number of carbonyl (C=O) groups is 2. The van der Waals surface area contributed by atoms with Crippen molar-refractivity contribution in [2.75, 3.05) is 13.1 Å². The van der Waals surface area contributed by atoms with Crippen LogP contribution in [-0.4, -0.2) is 36.1 Å². The Bertz CT molecular complexity index is 490. The number of hydrogen-bond acceptors (Lipinski definition) is 3. The van der Waals surface area contributed by atoms with E-state index >= 15 is 0 Å². The van der Waals surface area contributed by atoms with Crippen LogP contribution < -0.4 is 10.6 Å². The highest BCUT2D eigenvalue weighted by Gasteiger charge is 2.26. The third kappa shape index (κ3) is 5.15. The number of aliphatic hydroxyl groups is 1. The molecule has 0 spiro atoms. The smallest absolute Gasteiger partial charge is 0.309 e. The molecule has 3 N–H and O–H groups in total. The van der Waals surface area contributed by atoms with E-state index in [1.165, 1.54) is 5.56 Å². The maximum Gasteiger partial charge on any atom is 0.309 e. The molecule has 0 bridgehead atoms. The summed E-state index contributed by atoms with van der Waals surface area (Å²) in [6, 6.07) is 10.0. The zero-order valence-corrected chi connectivity index (χ0v) is 12.8. The Morgan fingerprint density at radius 1 is 1.09 bits per heavy atom. The zero-order valence-electron chi connectivity index (χ0n) is 12.8. The second kappa shape index (κ2) is 8.54. The fourth-order valence-corrected chi connectivity index (χ4v) is 2.78. The van der Waals surface area contributed by atoms with E-state index in [9.17, 15) is 14.7 Å². The van der Waals surface area contributed by atoms with Gasteiger partial charge in [0, 0.05) is 19.0 Å². The van der Waals surface area contributed by atoms with Gasteiger partial charge in [0.05, 0.1) is 6.10 Å². The molecule has 1 aliphatic carbocycles. The Hall–Kier alpha value is -1.88. The van der Waals surface area contributed by atoms with Gasteiger partial charge in [-0.1, -0.05) is 36.8 Å². The molecule has 2 unspecified atom stereocenters. The van der Waals surface area contributed by atoms with E-state index in [0.717, 1.165) is 32.1 Å². The van der Waals surface area contributed by atoms with Crippen LogP contribution >= 0.6 is 0 Å². The molecule has 1 aliphatic rings. The summed E-state index contributed by atoms with van der Waals surface area (Å²) in [4.78, 5) is 23.3. The topological polar surface area (TPSA) is 78.4 Å². The van der Waals surface area contributed by atoms with E-state index in [0.29, 0.717) is 13.1 Å². The molecular formula is C17H24N2O3. The first kappa shape index (κ1) is 16.5. The molecule has 0 aliphatic heterocycles. The number of hydrogen-bond donors (Lipinski definition) is 3. The zero-order chi connectivity index (χ0) is 15.8. The molecule has 2 amide bonds. The lowest BCUT2D eigenvalue weighted by Gasteiger charge is -2.14. The number of nitrogens with one attached hydrogen (secondary N) is 2. The number of amides is 2. The number of aryl methyl sites for hydroxylation is 1. The van der Waals surface area contributed by atoms with Gasteiger partial charge in [-0.25, -0.2) is 0 Å². The Morgan fingerprint density at radius 3 is 2.50 bits per heavy atom. The summed E-state index contributed by atoms with van der Waals surface area (Å²) in [7, 11) is 0. The van der Waals surface area contributed by atoms with Crippen molar-refractivity contribution in [3.63, 3.8) is 0 Å². The number of benzene rings is 1. The summed E-state index contributed by atoms with van der Waals surface area (Å²) >= 11 is 0. The normalized spacial score (nSPS) is 20.6. The molecule has 2 rings (SSSR count). The van der Waals surface area contributed by atoms with E-state index in [1.807, 2.05) is 30.3 Å². The highest BCUT2D eigenvalue weighted by molar-refractivity contribution is 6.35. The van der Waals surface area contributed by atoms with Crippen LogP contribution in [0.2, 0.25) is 0 Å². The molecule has 1 aromatic carbocycles. The van der Waals surface area contributed by atoms with Crippen molar-refractivity contribution in [3.8, 4) is 0 Å². The first-order valence-corrected chi connectivity index (χ1v) is 7.95. The van der Waals surface area contributed by atoms with Crippen LogP contribution in [0.5, 0.6) is 0 Å². The largest absolute Gasteiger partial charge is 0.393 e. The summed E-state index contributed by atoms with van der Waals surface area (Å²) in [5, 5.41) is 14.9. The van der Waals surface area contributed by atoms with Crippen molar-refractivity contribution in [1.29, 1.82) is 0 Å². The third-order valence-electron chi connectivity index (χ3n) is 4.12. The van der Waals surface area contributed by atoms with Gasteiger partial charge in [-0.15, -0.1) is 0 Å². The first-order chi connectivity index (χ1) is 10.7. The minimum Gasteiger partial charge on any atom is -0.393 e. The molecule has 0 saturated heterocycles. The molecule has 0 heterocycles. The van der Waals surface area contributed by atoms with Gasteiger partial charge in [0.15, 0.2) is 0 Å². The summed E-state index contributed by atoms with van der Waals surface area (Å²) in [5.41, 5.74) is 1.22. The van der Waals surface area contributed by atoms with E-state index in [-0.39, 0.29) is 12.0 Å². The average Bonchev–Trinajstić information content (AvgIpc) is 2.95. The summed E-state index contributed by atoms with van der Waals surface area (Å²) in [6.07, 6.45) is 3.98. The predicted octanol–water partition coefficient (Wildman–Crippen LogP) is 1.01. The Balaban J connectivity index is 1.59. The predicted molar refractivity (Wildman–Crippen MR) is 84.1 cm³/mol. The maximum atomic E-state index is 11.7. The van der Waals surface area contributed by atoms with Crippen LogP contribution in [0.1, 0.15) is 31.2 Å². The minimum atomic E-state index is -0.612. The second-order valence-corrected chi connectivity index (χ2v) is 5.81. The van der Waals surface area contributed by atoms with Crippen molar-refractivity contribution in [2.45, 2.75) is 38.2 Å². The van der Waals surface area contributed by atoms with Crippen molar-refractivity contribution in [3.05, 3.63) is 35.9 Å². The van der Waals surface area contributed by atoms with Gasteiger partial charge in [0.1, 0.15) is 0 Å². The van der Waals surface area contributed by atoms with E-state index < -0.39 is 11.8 Å². The van der Waals surface area contributed by atoms with Crippen LogP contribution in [-0.2, 0) is 16.0 Å². The van der Waals surface area contributed by atoms with Crippen molar-refractivity contribution < 1.29 is 14.7 Å². The lowest BCUT2D eigenvalue weighted by atomic mass is 10.1. The number of aliphatic hydroxyl groups excluding tert-OH is 1. The monoisotopic (exact) mass is 304 g/mol. The fraction of sp³-hybridized carbons (Fsp3) is 0.529. The summed E-state index contributed by atoms with van der Waals surface area (Å²) in [5.74, 6) is -1.13. The third-order valence-corrected chi connectivity index (χ3v) is 4.12. The van der Waals surface area contributed by atoms with Gasteiger partial charge < -0.3 is 15.7 Å². The van der Waals surface area contributed by atoms with Crippen LogP contribution in [0.15, 0.2) is 30.3 Å². The lowest BCUT2D eigenvalue weighted by Crippen LogP contribution is -2.42. The van der Waals surface area contributed by atoms with Gasteiger partial charge in [-0.05, 0) is 31.2 Å². The molecule has 0 radical (unpaired) electrons. The average molecular weight is 304 g/mol. The van der Waals surface area contributed by atoms with Gasteiger partial charge in [-0.2, -0.15) is 0 Å². The first-order valence-electron chi connectivity index (χ1n) is 7.95. The maximum absolute atomic E-state index is 11.7. The number of carbonyl (C=O) groups excluding carboxylic acids is 2. The molecular weight excluding hydrogens is 280 g/mol. The standard InChI is InChI=1S/C17H24N2O3/c20-15-10-4-9-14(15)12-19-17(22)16(21)18-11-5-8-13-6-2-1-3-7-13/h1-3,6-7,14-15,20H,4-5,8-12H2,(H,18,21)(H,19,22). The Labute approximate surface area is 131 Å². The van der Waals surface area contributed by atoms with Gasteiger partial charge in [0.2, 0.25) is 0 Å². The van der Waals surface area contributed by atoms with E-state index in [2.05, 4.69) is 10.6 Å². The molecule has 5 heteroatoms. The highest BCUT2D eigenvalue weighted by atomic mass is 16.3. The molecule has 22 heavy (non-hydrogen) atoms. The van der Waals surface area contributed by atoms with Crippen molar-refractivity contribution in [2.24, 2.45) is 5.92 Å².